The zero-order valence-corrected chi connectivity index (χ0v) is 15.5. The summed E-state index contributed by atoms with van der Waals surface area (Å²) in [6, 6.07) is 18.2. The minimum absolute atomic E-state index is 0. The third kappa shape index (κ3) is 8.57. The minimum atomic E-state index is 0. The van der Waals surface area contributed by atoms with Gasteiger partial charge in [-0.05, 0) is 49.7 Å². The quantitative estimate of drug-likeness (QED) is 0.637. The number of benzene rings is 2. The summed E-state index contributed by atoms with van der Waals surface area (Å²) in [5, 5.41) is 5.99. The van der Waals surface area contributed by atoms with Crippen LogP contribution in [0.2, 0.25) is 0 Å². The fourth-order valence-electron chi connectivity index (χ4n) is 2.35. The lowest BCUT2D eigenvalue weighted by Gasteiger charge is -2.08. The number of carbonyl (C=O) groups excluding carboxylic acids is 1. The van der Waals surface area contributed by atoms with Gasteiger partial charge in [-0.15, -0.1) is 12.4 Å². The molecule has 1 amide bonds. The first-order chi connectivity index (χ1) is 11.8. The maximum atomic E-state index is 11.6. The molecule has 2 aromatic carbocycles. The lowest BCUT2D eigenvalue weighted by Crippen LogP contribution is -2.26. The first kappa shape index (κ1) is 21.0. The molecule has 0 aromatic heterocycles. The van der Waals surface area contributed by atoms with Crippen molar-refractivity contribution in [3.8, 4) is 5.75 Å². The maximum Gasteiger partial charge on any atom is 0.220 e. The average molecular weight is 363 g/mol. The van der Waals surface area contributed by atoms with E-state index in [0.717, 1.165) is 30.7 Å². The fraction of sp³-hybridized carbons (Fsp3) is 0.350. The zero-order valence-electron chi connectivity index (χ0n) is 14.7. The van der Waals surface area contributed by atoms with Gasteiger partial charge in [0.25, 0.3) is 0 Å². The molecule has 4 nitrogen and oxygen atoms in total. The van der Waals surface area contributed by atoms with E-state index in [1.165, 1.54) is 5.56 Å². The number of hydrogen-bond donors (Lipinski definition) is 2. The van der Waals surface area contributed by atoms with Crippen molar-refractivity contribution in [2.45, 2.75) is 25.9 Å². The van der Waals surface area contributed by atoms with Gasteiger partial charge in [-0.2, -0.15) is 0 Å². The number of amides is 1. The largest absolute Gasteiger partial charge is 0.489 e. The third-order valence-electron chi connectivity index (χ3n) is 3.74. The first-order valence-electron chi connectivity index (χ1n) is 8.45. The lowest BCUT2D eigenvalue weighted by atomic mass is 10.1. The third-order valence-corrected chi connectivity index (χ3v) is 3.74. The Kier molecular flexibility index (Phi) is 10.4. The molecule has 0 aliphatic heterocycles. The number of carbonyl (C=O) groups is 1. The van der Waals surface area contributed by atoms with E-state index in [2.05, 4.69) is 10.6 Å². The van der Waals surface area contributed by atoms with E-state index >= 15 is 0 Å². The summed E-state index contributed by atoms with van der Waals surface area (Å²) >= 11 is 0. The molecule has 0 atom stereocenters. The van der Waals surface area contributed by atoms with Gasteiger partial charge in [0.2, 0.25) is 5.91 Å². The van der Waals surface area contributed by atoms with Crippen LogP contribution in [-0.2, 0) is 17.8 Å². The SMILES string of the molecule is CNCCCC(=O)NCCc1ccc(OCc2ccccc2)cc1.Cl. The number of hydrogen-bond acceptors (Lipinski definition) is 3. The molecule has 0 bridgehead atoms. The Hall–Kier alpha value is -2.04. The molecule has 2 N–H and O–H groups in total. The Morgan fingerprint density at radius 1 is 0.960 bits per heavy atom. The van der Waals surface area contributed by atoms with Gasteiger partial charge in [0.15, 0.2) is 0 Å². The Morgan fingerprint density at radius 2 is 1.68 bits per heavy atom. The summed E-state index contributed by atoms with van der Waals surface area (Å²) in [6.45, 7) is 2.11. The molecule has 2 rings (SSSR count). The van der Waals surface area contributed by atoms with Gasteiger partial charge in [-0.3, -0.25) is 4.79 Å². The number of rotatable bonds is 10. The van der Waals surface area contributed by atoms with Gasteiger partial charge < -0.3 is 15.4 Å². The second-order valence-corrected chi connectivity index (χ2v) is 5.73. The maximum absolute atomic E-state index is 11.6. The molecule has 0 unspecified atom stereocenters. The highest BCUT2D eigenvalue weighted by Crippen LogP contribution is 2.14. The van der Waals surface area contributed by atoms with E-state index in [1.807, 2.05) is 61.6 Å². The first-order valence-corrected chi connectivity index (χ1v) is 8.45. The Morgan fingerprint density at radius 3 is 2.36 bits per heavy atom. The molecule has 0 aliphatic carbocycles. The van der Waals surface area contributed by atoms with Crippen LogP contribution in [0.5, 0.6) is 5.75 Å². The summed E-state index contributed by atoms with van der Waals surface area (Å²) in [7, 11) is 1.89. The molecule has 0 radical (unpaired) electrons. The second kappa shape index (κ2) is 12.3. The predicted octanol–water partition coefficient (Wildman–Crippen LogP) is 3.35. The lowest BCUT2D eigenvalue weighted by molar-refractivity contribution is -0.121. The van der Waals surface area contributed by atoms with Crippen LogP contribution in [0.3, 0.4) is 0 Å². The molecule has 0 spiro atoms. The van der Waals surface area contributed by atoms with Crippen LogP contribution in [0.15, 0.2) is 54.6 Å². The van der Waals surface area contributed by atoms with E-state index < -0.39 is 0 Å². The summed E-state index contributed by atoms with van der Waals surface area (Å²) < 4.78 is 5.77. The van der Waals surface area contributed by atoms with E-state index in [4.69, 9.17) is 4.74 Å². The van der Waals surface area contributed by atoms with Crippen molar-refractivity contribution in [2.75, 3.05) is 20.1 Å². The zero-order chi connectivity index (χ0) is 17.0. The molecule has 0 saturated heterocycles. The van der Waals surface area contributed by atoms with Crippen molar-refractivity contribution in [3.05, 3.63) is 65.7 Å². The standard InChI is InChI=1S/C20H26N2O2.ClH/c1-21-14-5-8-20(23)22-15-13-17-9-11-19(12-10-17)24-16-18-6-3-2-4-7-18;/h2-4,6-7,9-12,21H,5,8,13-16H2,1H3,(H,22,23);1H. The van der Waals surface area contributed by atoms with E-state index in [-0.39, 0.29) is 18.3 Å². The van der Waals surface area contributed by atoms with Gasteiger partial charge in [-0.1, -0.05) is 42.5 Å². The van der Waals surface area contributed by atoms with E-state index in [0.29, 0.717) is 19.6 Å². The normalized spacial score (nSPS) is 9.96. The summed E-state index contributed by atoms with van der Waals surface area (Å²) in [6.07, 6.45) is 2.28. The van der Waals surface area contributed by atoms with Gasteiger partial charge >= 0.3 is 0 Å². The Bertz CT molecular complexity index is 603. The topological polar surface area (TPSA) is 50.4 Å². The van der Waals surface area contributed by atoms with Crippen LogP contribution in [0.4, 0.5) is 0 Å². The van der Waals surface area contributed by atoms with Gasteiger partial charge in [0.05, 0.1) is 0 Å². The number of nitrogens with one attached hydrogen (secondary N) is 2. The van der Waals surface area contributed by atoms with Crippen molar-refractivity contribution in [3.63, 3.8) is 0 Å². The van der Waals surface area contributed by atoms with E-state index in [9.17, 15) is 4.79 Å². The number of halogens is 1. The highest BCUT2D eigenvalue weighted by molar-refractivity contribution is 5.85. The summed E-state index contributed by atoms with van der Waals surface area (Å²) in [5.74, 6) is 0.978. The molecular formula is C20H27ClN2O2. The molecular weight excluding hydrogens is 336 g/mol. The van der Waals surface area contributed by atoms with Crippen molar-refractivity contribution in [1.29, 1.82) is 0 Å². The van der Waals surface area contributed by atoms with E-state index in [1.54, 1.807) is 0 Å². The molecule has 0 saturated carbocycles. The Balaban J connectivity index is 0.00000312. The predicted molar refractivity (Wildman–Crippen MR) is 104 cm³/mol. The second-order valence-electron chi connectivity index (χ2n) is 5.73. The van der Waals surface area contributed by atoms with Crippen molar-refractivity contribution in [1.82, 2.24) is 10.6 Å². The van der Waals surface area contributed by atoms with Gasteiger partial charge in [0, 0.05) is 13.0 Å². The minimum Gasteiger partial charge on any atom is -0.489 e. The molecule has 25 heavy (non-hydrogen) atoms. The molecule has 0 heterocycles. The number of ether oxygens (including phenoxy) is 1. The van der Waals surface area contributed by atoms with Crippen LogP contribution in [0.1, 0.15) is 24.0 Å². The van der Waals surface area contributed by atoms with Crippen molar-refractivity contribution in [2.24, 2.45) is 0 Å². The summed E-state index contributed by atoms with van der Waals surface area (Å²) in [5.41, 5.74) is 2.35. The van der Waals surface area contributed by atoms with Crippen LogP contribution in [0, 0.1) is 0 Å². The fourth-order valence-corrected chi connectivity index (χ4v) is 2.35. The van der Waals surface area contributed by atoms with Crippen LogP contribution in [-0.4, -0.2) is 26.0 Å². The molecule has 5 heteroatoms. The molecule has 0 aliphatic rings. The van der Waals surface area contributed by atoms with Gasteiger partial charge in [-0.25, -0.2) is 0 Å². The van der Waals surface area contributed by atoms with Crippen LogP contribution < -0.4 is 15.4 Å². The van der Waals surface area contributed by atoms with Gasteiger partial charge in [0.1, 0.15) is 12.4 Å². The smallest absolute Gasteiger partial charge is 0.220 e. The van der Waals surface area contributed by atoms with Crippen LogP contribution in [0.25, 0.3) is 0 Å². The highest BCUT2D eigenvalue weighted by Gasteiger charge is 2.01. The highest BCUT2D eigenvalue weighted by atomic mass is 35.5. The van der Waals surface area contributed by atoms with Crippen molar-refractivity contribution < 1.29 is 9.53 Å². The molecule has 2 aromatic rings. The molecule has 136 valence electrons. The average Bonchev–Trinajstić information content (AvgIpc) is 2.62. The Labute approximate surface area is 156 Å². The van der Waals surface area contributed by atoms with Crippen LogP contribution >= 0.6 is 12.4 Å². The monoisotopic (exact) mass is 362 g/mol. The molecule has 0 fully saturated rings. The van der Waals surface area contributed by atoms with Crippen molar-refractivity contribution >= 4 is 18.3 Å². The summed E-state index contributed by atoms with van der Waals surface area (Å²) in [4.78, 5) is 11.6.